The minimum absolute atomic E-state index is 0.0136. The Labute approximate surface area is 270 Å². The van der Waals surface area contributed by atoms with Crippen molar-refractivity contribution in [3.8, 4) is 0 Å². The number of methoxy groups -OCH3 is 1. The van der Waals surface area contributed by atoms with Crippen molar-refractivity contribution in [2.45, 2.75) is 44.7 Å². The van der Waals surface area contributed by atoms with E-state index in [1.54, 1.807) is 30.3 Å². The minimum Gasteiger partial charge on any atom is -0.481 e. The first-order valence-electron chi connectivity index (χ1n) is 15.0. The largest absolute Gasteiger partial charge is 0.481 e. The highest BCUT2D eigenvalue weighted by atomic mass is 16.5. The number of fused-ring (bicyclic) bond motifs is 2. The van der Waals surface area contributed by atoms with Crippen LogP contribution in [-0.4, -0.2) is 57.1 Å². The summed E-state index contributed by atoms with van der Waals surface area (Å²) in [4.78, 5) is 55.4. The first kappa shape index (κ1) is 32.7. The van der Waals surface area contributed by atoms with Crippen LogP contribution in [0.1, 0.15) is 59.7 Å². The molecule has 0 saturated carbocycles. The fourth-order valence-electron chi connectivity index (χ4n) is 5.62. The molecule has 2 heterocycles. The Kier molecular flexibility index (Phi) is 10.1. The Balaban J connectivity index is 1.50. The third kappa shape index (κ3) is 7.93. The highest BCUT2D eigenvalue weighted by Crippen LogP contribution is 2.32. The predicted molar refractivity (Wildman–Crippen MR) is 172 cm³/mol. The van der Waals surface area contributed by atoms with Gasteiger partial charge in [0.05, 0.1) is 31.6 Å². The first-order chi connectivity index (χ1) is 22.6. The van der Waals surface area contributed by atoms with Crippen molar-refractivity contribution in [1.29, 1.82) is 0 Å². The number of carboxylic acid groups (broad SMARTS) is 2. The van der Waals surface area contributed by atoms with Gasteiger partial charge in [-0.05, 0) is 61.4 Å². The number of aliphatic carboxylic acids is 2. The normalized spacial score (nSPS) is 13.4. The van der Waals surface area contributed by atoms with Crippen LogP contribution in [0.25, 0.3) is 28.1 Å². The Morgan fingerprint density at radius 1 is 0.915 bits per heavy atom. The molecule has 11 nitrogen and oxygen atoms in total. The van der Waals surface area contributed by atoms with Gasteiger partial charge < -0.3 is 28.7 Å². The Morgan fingerprint density at radius 3 is 2.28 bits per heavy atom. The highest BCUT2D eigenvalue weighted by Gasteiger charge is 2.33. The van der Waals surface area contributed by atoms with Crippen molar-refractivity contribution in [1.82, 2.24) is 9.88 Å². The number of aromatic nitrogens is 1. The van der Waals surface area contributed by atoms with E-state index < -0.39 is 48.6 Å². The molecule has 0 fully saturated rings. The van der Waals surface area contributed by atoms with E-state index in [9.17, 15) is 29.4 Å². The molecule has 2 N–H and O–H groups in total. The summed E-state index contributed by atoms with van der Waals surface area (Å²) >= 11 is 0. The van der Waals surface area contributed by atoms with Crippen LogP contribution in [0.15, 0.2) is 93.8 Å². The summed E-state index contributed by atoms with van der Waals surface area (Å²) in [6, 6.07) is 22.9. The van der Waals surface area contributed by atoms with E-state index in [-0.39, 0.29) is 12.5 Å². The monoisotopic (exact) mass is 638 g/mol. The topological polar surface area (TPSA) is 160 Å². The van der Waals surface area contributed by atoms with E-state index in [0.29, 0.717) is 40.3 Å². The van der Waals surface area contributed by atoms with Crippen molar-refractivity contribution in [3.63, 3.8) is 0 Å². The number of oxazole rings is 1. The average Bonchev–Trinajstić information content (AvgIpc) is 3.68. The number of allylic oxidation sites excluding steroid dienone is 1. The third-order valence-electron chi connectivity index (χ3n) is 8.11. The lowest BCUT2D eigenvalue weighted by Gasteiger charge is -2.35. The molecule has 2 aromatic heterocycles. The molecule has 11 heteroatoms. The molecule has 0 saturated heterocycles. The van der Waals surface area contributed by atoms with E-state index in [2.05, 4.69) is 4.98 Å². The van der Waals surface area contributed by atoms with Crippen molar-refractivity contribution < 1.29 is 43.0 Å². The smallest absolute Gasteiger partial charge is 0.337 e. The number of esters is 1. The lowest BCUT2D eigenvalue weighted by molar-refractivity contribution is -0.151. The zero-order valence-corrected chi connectivity index (χ0v) is 25.9. The maximum absolute atomic E-state index is 13.9. The number of furan rings is 1. The number of benzene rings is 3. The zero-order valence-electron chi connectivity index (χ0n) is 25.9. The van der Waals surface area contributed by atoms with E-state index in [1.807, 2.05) is 67.6 Å². The number of carbonyl (C=O) groups is 4. The van der Waals surface area contributed by atoms with Gasteiger partial charge in [0.25, 0.3) is 0 Å². The number of rotatable bonds is 14. The van der Waals surface area contributed by atoms with Crippen LogP contribution in [0.3, 0.4) is 0 Å². The Morgan fingerprint density at radius 2 is 1.62 bits per heavy atom. The average molecular weight is 639 g/mol. The third-order valence-corrected chi connectivity index (χ3v) is 8.11. The first-order valence-corrected chi connectivity index (χ1v) is 15.0. The van der Waals surface area contributed by atoms with E-state index in [1.165, 1.54) is 12.0 Å². The number of carboxylic acids is 2. The summed E-state index contributed by atoms with van der Waals surface area (Å²) in [6.07, 6.45) is 2.83. The fraction of sp³-hybridized carbons (Fsp3) is 0.250. The van der Waals surface area contributed by atoms with Crippen LogP contribution in [0, 0.1) is 5.92 Å². The van der Waals surface area contributed by atoms with Gasteiger partial charge in [0, 0.05) is 23.8 Å². The fourth-order valence-corrected chi connectivity index (χ4v) is 5.62. The second-order valence-corrected chi connectivity index (χ2v) is 11.2. The minimum atomic E-state index is -1.41. The van der Waals surface area contributed by atoms with Crippen molar-refractivity contribution in [2.24, 2.45) is 5.92 Å². The predicted octanol–water partition coefficient (Wildman–Crippen LogP) is 6.53. The summed E-state index contributed by atoms with van der Waals surface area (Å²) in [5.41, 5.74) is 3.15. The number of para-hydroxylation sites is 3. The Hall–Kier alpha value is -5.71. The maximum Gasteiger partial charge on any atom is 0.337 e. The van der Waals surface area contributed by atoms with Gasteiger partial charge >= 0.3 is 17.9 Å². The molecule has 0 bridgehead atoms. The van der Waals surface area contributed by atoms with Gasteiger partial charge in [-0.3, -0.25) is 14.4 Å². The van der Waals surface area contributed by atoms with Crippen molar-refractivity contribution in [2.75, 3.05) is 7.11 Å². The number of nitrogens with zero attached hydrogens (tertiary/aromatic N) is 2. The molecular formula is C36H34N2O9. The lowest BCUT2D eigenvalue weighted by atomic mass is 9.87. The van der Waals surface area contributed by atoms with Gasteiger partial charge in [-0.25, -0.2) is 9.78 Å². The zero-order chi connectivity index (χ0) is 33.5. The number of ether oxygens (including phenoxy) is 1. The van der Waals surface area contributed by atoms with Gasteiger partial charge in [0.15, 0.2) is 5.58 Å². The molecule has 0 aliphatic carbocycles. The molecule has 5 rings (SSSR count). The summed E-state index contributed by atoms with van der Waals surface area (Å²) in [7, 11) is 1.30. The van der Waals surface area contributed by atoms with E-state index in [4.69, 9.17) is 13.6 Å². The molecule has 5 aromatic rings. The number of amides is 1. The van der Waals surface area contributed by atoms with Crippen LogP contribution >= 0.6 is 0 Å². The van der Waals surface area contributed by atoms with Gasteiger partial charge in [0.2, 0.25) is 11.8 Å². The highest BCUT2D eigenvalue weighted by molar-refractivity contribution is 5.89. The second kappa shape index (κ2) is 14.6. The van der Waals surface area contributed by atoms with Gasteiger partial charge in [-0.2, -0.15) is 0 Å². The quantitative estimate of drug-likeness (QED) is 0.128. The van der Waals surface area contributed by atoms with Crippen LogP contribution in [0.5, 0.6) is 0 Å². The van der Waals surface area contributed by atoms with Gasteiger partial charge in [-0.15, -0.1) is 0 Å². The number of hydrogen-bond donors (Lipinski definition) is 2. The molecule has 0 radical (unpaired) electrons. The lowest BCUT2D eigenvalue weighted by Crippen LogP contribution is -2.43. The molecule has 0 aliphatic heterocycles. The van der Waals surface area contributed by atoms with E-state index >= 15 is 0 Å². The molecule has 3 aromatic carbocycles. The summed E-state index contributed by atoms with van der Waals surface area (Å²) < 4.78 is 16.7. The van der Waals surface area contributed by atoms with E-state index in [0.717, 1.165) is 10.9 Å². The molecule has 47 heavy (non-hydrogen) atoms. The summed E-state index contributed by atoms with van der Waals surface area (Å²) in [5.74, 6) is -4.59. The van der Waals surface area contributed by atoms with Crippen molar-refractivity contribution >= 4 is 52.0 Å². The number of hydrogen-bond acceptors (Lipinski definition) is 8. The molecule has 242 valence electrons. The molecule has 0 aliphatic rings. The van der Waals surface area contributed by atoms with Gasteiger partial charge in [0.1, 0.15) is 16.9 Å². The van der Waals surface area contributed by atoms with Crippen LogP contribution in [-0.2, 0) is 25.7 Å². The molecule has 3 atom stereocenters. The SMILES string of the molecule is COC(=O)c1ccc([C@@H](C/C=C/c2nc3ccccc3o2)[C@@H](C)N(Cc2cc3ccccc3o2)C(=O)C[C@H](CC(=O)O)C(=O)O)cc1. The van der Waals surface area contributed by atoms with Gasteiger partial charge in [-0.1, -0.05) is 48.5 Å². The van der Waals surface area contributed by atoms with Crippen molar-refractivity contribution in [3.05, 3.63) is 108 Å². The second-order valence-electron chi connectivity index (χ2n) is 11.2. The summed E-state index contributed by atoms with van der Waals surface area (Å²) in [5, 5.41) is 19.9. The summed E-state index contributed by atoms with van der Waals surface area (Å²) in [6.45, 7) is 1.86. The maximum atomic E-state index is 13.9. The molecule has 0 unspecified atom stereocenters. The molecular weight excluding hydrogens is 604 g/mol. The van der Waals surface area contributed by atoms with Crippen LogP contribution in [0.2, 0.25) is 0 Å². The standard InChI is InChI=1S/C36H34N2O9/c1-22(38(33(39)19-26(35(42)43)20-34(40)41)21-27-18-25-8-3-5-11-30(25)46-27)28(23-14-16-24(17-15-23)36(44)45-2)9-7-13-32-37-29-10-4-6-12-31(29)47-32/h3-8,10-18,22,26,28H,9,19-21H2,1-2H3,(H,40,41)(H,42,43)/b13-7+/t22-,26-,28+/m1/s1. The number of carbonyl (C=O) groups excluding carboxylic acids is 2. The molecule has 0 spiro atoms. The van der Waals surface area contributed by atoms with Crippen LogP contribution in [0.4, 0.5) is 0 Å². The Bertz CT molecular complexity index is 1860. The van der Waals surface area contributed by atoms with Crippen LogP contribution < -0.4 is 0 Å². The molecule has 1 amide bonds.